The minimum Gasteiger partial charge on any atom is -0.337 e. The molecule has 1 heterocycles. The molecule has 0 saturated heterocycles. The van der Waals surface area contributed by atoms with Crippen molar-refractivity contribution in [2.24, 2.45) is 11.7 Å². The molecule has 1 aliphatic carbocycles. The van der Waals surface area contributed by atoms with Crippen LogP contribution in [0, 0.1) is 12.8 Å². The van der Waals surface area contributed by atoms with Crippen LogP contribution in [0.2, 0.25) is 0 Å². The van der Waals surface area contributed by atoms with Crippen LogP contribution in [-0.2, 0) is 0 Å². The van der Waals surface area contributed by atoms with Crippen LogP contribution in [0.15, 0.2) is 18.3 Å². The molecule has 1 aliphatic rings. The Morgan fingerprint density at radius 2 is 2.21 bits per heavy atom. The molecule has 1 fully saturated rings. The summed E-state index contributed by atoms with van der Waals surface area (Å²) in [5, 5.41) is 0. The monoisotopic (exact) mass is 261 g/mol. The topological polar surface area (TPSA) is 59.2 Å². The van der Waals surface area contributed by atoms with Gasteiger partial charge in [-0.15, -0.1) is 0 Å². The molecule has 104 valence electrons. The molecule has 0 radical (unpaired) electrons. The van der Waals surface area contributed by atoms with Gasteiger partial charge in [0.2, 0.25) is 0 Å². The number of nitrogens with two attached hydrogens (primary N) is 1. The lowest BCUT2D eigenvalue weighted by Gasteiger charge is -2.37. The van der Waals surface area contributed by atoms with Crippen LogP contribution < -0.4 is 5.73 Å². The van der Waals surface area contributed by atoms with Crippen molar-refractivity contribution in [2.75, 3.05) is 13.6 Å². The second-order valence-electron chi connectivity index (χ2n) is 5.43. The van der Waals surface area contributed by atoms with E-state index in [2.05, 4.69) is 4.98 Å². The third-order valence-electron chi connectivity index (χ3n) is 4.20. The third-order valence-corrected chi connectivity index (χ3v) is 4.20. The second kappa shape index (κ2) is 6.15. The molecule has 4 heteroatoms. The first-order valence-electron chi connectivity index (χ1n) is 7.04. The summed E-state index contributed by atoms with van der Waals surface area (Å²) in [6.45, 7) is 2.58. The van der Waals surface area contributed by atoms with Gasteiger partial charge in [-0.1, -0.05) is 18.9 Å². The van der Waals surface area contributed by atoms with E-state index in [0.29, 0.717) is 18.2 Å². The first-order chi connectivity index (χ1) is 9.15. The zero-order valence-corrected chi connectivity index (χ0v) is 11.8. The van der Waals surface area contributed by atoms with E-state index < -0.39 is 0 Å². The largest absolute Gasteiger partial charge is 0.337 e. The van der Waals surface area contributed by atoms with Crippen molar-refractivity contribution in [1.29, 1.82) is 0 Å². The fraction of sp³-hybridized carbons (Fsp3) is 0.600. The first-order valence-corrected chi connectivity index (χ1v) is 7.04. The fourth-order valence-corrected chi connectivity index (χ4v) is 3.00. The average molecular weight is 261 g/mol. The van der Waals surface area contributed by atoms with Gasteiger partial charge in [0, 0.05) is 19.3 Å². The molecule has 2 unspecified atom stereocenters. The number of hydrogen-bond donors (Lipinski definition) is 1. The summed E-state index contributed by atoms with van der Waals surface area (Å²) in [5.74, 6) is 0.440. The highest BCUT2D eigenvalue weighted by Gasteiger charge is 2.31. The number of nitrogens with zero attached hydrogens (tertiary/aromatic N) is 2. The minimum atomic E-state index is 0.0171. The van der Waals surface area contributed by atoms with Gasteiger partial charge in [0.05, 0.1) is 0 Å². The number of carbonyl (C=O) groups excluding carboxylic acids is 1. The van der Waals surface area contributed by atoms with Crippen molar-refractivity contribution in [3.63, 3.8) is 0 Å². The van der Waals surface area contributed by atoms with Crippen molar-refractivity contribution in [1.82, 2.24) is 9.88 Å². The van der Waals surface area contributed by atoms with Crippen LogP contribution in [0.3, 0.4) is 0 Å². The van der Waals surface area contributed by atoms with Gasteiger partial charge in [-0.2, -0.15) is 0 Å². The molecule has 0 bridgehead atoms. The summed E-state index contributed by atoms with van der Waals surface area (Å²) in [6, 6.07) is 4.04. The molecular weight excluding hydrogens is 238 g/mol. The zero-order valence-electron chi connectivity index (χ0n) is 11.8. The smallest absolute Gasteiger partial charge is 0.272 e. The number of aromatic nitrogens is 1. The standard InChI is InChI=1S/C15H23N3O/c1-11-6-5-9-17-14(11)15(19)18(2)13-8-4-3-7-12(13)10-16/h5-6,9,12-13H,3-4,7-8,10,16H2,1-2H3. The average Bonchev–Trinajstić information content (AvgIpc) is 2.46. The van der Waals surface area contributed by atoms with Crippen LogP contribution in [0.4, 0.5) is 0 Å². The summed E-state index contributed by atoms with van der Waals surface area (Å²) < 4.78 is 0. The van der Waals surface area contributed by atoms with E-state index in [4.69, 9.17) is 5.73 Å². The van der Waals surface area contributed by atoms with Crippen molar-refractivity contribution in [3.05, 3.63) is 29.6 Å². The molecule has 4 nitrogen and oxygen atoms in total. The maximum absolute atomic E-state index is 12.5. The second-order valence-corrected chi connectivity index (χ2v) is 5.43. The number of pyridine rings is 1. The van der Waals surface area contributed by atoms with Crippen molar-refractivity contribution < 1.29 is 4.79 Å². The zero-order chi connectivity index (χ0) is 13.8. The molecule has 0 aliphatic heterocycles. The highest BCUT2D eigenvalue weighted by Crippen LogP contribution is 2.28. The van der Waals surface area contributed by atoms with E-state index in [9.17, 15) is 4.79 Å². The summed E-state index contributed by atoms with van der Waals surface area (Å²) in [6.07, 6.45) is 6.26. The maximum Gasteiger partial charge on any atom is 0.272 e. The minimum absolute atomic E-state index is 0.0171. The van der Waals surface area contributed by atoms with Gasteiger partial charge in [0.25, 0.3) is 5.91 Å². The number of carbonyl (C=O) groups is 1. The fourth-order valence-electron chi connectivity index (χ4n) is 3.00. The number of hydrogen-bond acceptors (Lipinski definition) is 3. The Balaban J connectivity index is 2.16. The van der Waals surface area contributed by atoms with Gasteiger partial charge in [-0.3, -0.25) is 9.78 Å². The Labute approximate surface area is 115 Å². The predicted molar refractivity (Wildman–Crippen MR) is 75.9 cm³/mol. The summed E-state index contributed by atoms with van der Waals surface area (Å²) in [4.78, 5) is 18.6. The van der Waals surface area contributed by atoms with Gasteiger partial charge in [-0.25, -0.2) is 0 Å². The summed E-state index contributed by atoms with van der Waals surface area (Å²) in [7, 11) is 1.88. The molecule has 1 amide bonds. The van der Waals surface area contributed by atoms with Crippen molar-refractivity contribution in [3.8, 4) is 0 Å². The molecule has 0 aromatic carbocycles. The van der Waals surface area contributed by atoms with E-state index in [1.165, 1.54) is 12.8 Å². The van der Waals surface area contributed by atoms with Crippen LogP contribution in [0.5, 0.6) is 0 Å². The van der Waals surface area contributed by atoms with E-state index in [1.54, 1.807) is 6.20 Å². The summed E-state index contributed by atoms with van der Waals surface area (Å²) in [5.41, 5.74) is 7.34. The molecule has 1 aromatic heterocycles. The van der Waals surface area contributed by atoms with Crippen molar-refractivity contribution in [2.45, 2.75) is 38.6 Å². The molecule has 2 N–H and O–H groups in total. The van der Waals surface area contributed by atoms with E-state index in [1.807, 2.05) is 31.0 Å². The Morgan fingerprint density at radius 3 is 2.89 bits per heavy atom. The van der Waals surface area contributed by atoms with Crippen LogP contribution in [0.25, 0.3) is 0 Å². The Hall–Kier alpha value is -1.42. The molecule has 19 heavy (non-hydrogen) atoms. The first kappa shape index (κ1) is 14.0. The van der Waals surface area contributed by atoms with Crippen molar-refractivity contribution >= 4 is 5.91 Å². The quantitative estimate of drug-likeness (QED) is 0.905. The van der Waals surface area contributed by atoms with Gasteiger partial charge < -0.3 is 10.6 Å². The molecule has 2 atom stereocenters. The lowest BCUT2D eigenvalue weighted by atomic mass is 9.83. The normalized spacial score (nSPS) is 23.1. The van der Waals surface area contributed by atoms with Gasteiger partial charge in [-0.05, 0) is 43.9 Å². The van der Waals surface area contributed by atoms with E-state index in [0.717, 1.165) is 18.4 Å². The Morgan fingerprint density at radius 1 is 1.47 bits per heavy atom. The van der Waals surface area contributed by atoms with Crippen LogP contribution in [0.1, 0.15) is 41.7 Å². The Kier molecular flexibility index (Phi) is 4.53. The predicted octanol–water partition coefficient (Wildman–Crippen LogP) is 1.98. The lowest BCUT2D eigenvalue weighted by Crippen LogP contribution is -2.46. The van der Waals surface area contributed by atoms with E-state index >= 15 is 0 Å². The molecule has 0 spiro atoms. The number of aryl methyl sites for hydroxylation is 1. The molecule has 1 saturated carbocycles. The van der Waals surface area contributed by atoms with E-state index in [-0.39, 0.29) is 11.9 Å². The maximum atomic E-state index is 12.5. The molecule has 2 rings (SSSR count). The molecular formula is C15H23N3O. The highest BCUT2D eigenvalue weighted by atomic mass is 16.2. The SMILES string of the molecule is Cc1cccnc1C(=O)N(C)C1CCCCC1CN. The van der Waals surface area contributed by atoms with Gasteiger partial charge >= 0.3 is 0 Å². The summed E-state index contributed by atoms with van der Waals surface area (Å²) >= 11 is 0. The third kappa shape index (κ3) is 2.95. The van der Waals surface area contributed by atoms with Crippen LogP contribution >= 0.6 is 0 Å². The Bertz CT molecular complexity index is 447. The molecule has 1 aromatic rings. The van der Waals surface area contributed by atoms with Crippen LogP contribution in [-0.4, -0.2) is 35.4 Å². The van der Waals surface area contributed by atoms with Gasteiger partial charge in [0.1, 0.15) is 5.69 Å². The highest BCUT2D eigenvalue weighted by molar-refractivity contribution is 5.93. The number of rotatable bonds is 3. The van der Waals surface area contributed by atoms with Gasteiger partial charge in [0.15, 0.2) is 0 Å². The lowest BCUT2D eigenvalue weighted by molar-refractivity contribution is 0.0613. The number of amides is 1.